The van der Waals surface area contributed by atoms with Crippen LogP contribution in [0.1, 0.15) is 51.7 Å². The number of aliphatic hydroxyl groups is 1. The van der Waals surface area contributed by atoms with Gasteiger partial charge in [0.15, 0.2) is 0 Å². The van der Waals surface area contributed by atoms with E-state index < -0.39 is 5.60 Å². The van der Waals surface area contributed by atoms with Crippen LogP contribution in [0.4, 0.5) is 0 Å². The lowest BCUT2D eigenvalue weighted by Gasteiger charge is -2.31. The summed E-state index contributed by atoms with van der Waals surface area (Å²) in [5.74, 6) is 2.12. The van der Waals surface area contributed by atoms with Gasteiger partial charge in [0.2, 0.25) is 0 Å². The van der Waals surface area contributed by atoms with E-state index in [9.17, 15) is 5.11 Å². The molecule has 0 aliphatic rings. The van der Waals surface area contributed by atoms with Crippen LogP contribution in [-0.2, 0) is 0 Å². The molecule has 1 rings (SSSR count). The fourth-order valence-corrected chi connectivity index (χ4v) is 1.76. The van der Waals surface area contributed by atoms with Gasteiger partial charge in [-0.3, -0.25) is 0 Å². The number of furan rings is 1. The summed E-state index contributed by atoms with van der Waals surface area (Å²) >= 11 is 0. The number of nitrogens with one attached hydrogen (secondary N) is 1. The van der Waals surface area contributed by atoms with E-state index >= 15 is 0 Å². The molecule has 1 aromatic heterocycles. The van der Waals surface area contributed by atoms with E-state index in [4.69, 9.17) is 4.42 Å². The normalized spacial score (nSPS) is 18.7. The smallest absolute Gasteiger partial charge is 0.120 e. The van der Waals surface area contributed by atoms with Crippen LogP contribution in [0, 0.1) is 12.8 Å². The van der Waals surface area contributed by atoms with Gasteiger partial charge in [0.25, 0.3) is 0 Å². The maximum Gasteiger partial charge on any atom is 0.120 e. The van der Waals surface area contributed by atoms with Crippen LogP contribution in [0.3, 0.4) is 0 Å². The number of hydrogen-bond donors (Lipinski definition) is 2. The average molecular weight is 239 g/mol. The Kier molecular flexibility index (Phi) is 4.78. The Bertz CT molecular complexity index is 344. The van der Waals surface area contributed by atoms with Crippen molar-refractivity contribution in [1.29, 1.82) is 0 Å². The van der Waals surface area contributed by atoms with Crippen molar-refractivity contribution in [1.82, 2.24) is 5.32 Å². The quantitative estimate of drug-likeness (QED) is 0.802. The van der Waals surface area contributed by atoms with Gasteiger partial charge in [-0.2, -0.15) is 0 Å². The van der Waals surface area contributed by atoms with Gasteiger partial charge in [-0.05, 0) is 38.8 Å². The predicted octanol–water partition coefficient (Wildman–Crippen LogP) is 3.04. The molecule has 3 heteroatoms. The van der Waals surface area contributed by atoms with Crippen LogP contribution < -0.4 is 5.32 Å². The largest absolute Gasteiger partial charge is 0.465 e. The van der Waals surface area contributed by atoms with Crippen molar-refractivity contribution < 1.29 is 9.52 Å². The lowest BCUT2D eigenvalue weighted by Crippen LogP contribution is -2.43. The molecule has 0 amide bonds. The molecule has 3 nitrogen and oxygen atoms in total. The minimum Gasteiger partial charge on any atom is -0.465 e. The summed E-state index contributed by atoms with van der Waals surface area (Å²) in [4.78, 5) is 0. The maximum absolute atomic E-state index is 10.3. The lowest BCUT2D eigenvalue weighted by molar-refractivity contribution is 0.00318. The second-order valence-electron chi connectivity index (χ2n) is 5.22. The molecule has 0 aromatic carbocycles. The summed E-state index contributed by atoms with van der Waals surface area (Å²) in [5, 5.41) is 13.6. The average Bonchev–Trinajstić information content (AvgIpc) is 2.71. The standard InChI is InChI=1S/C14H25NO2/c1-6-10(2)14(5,16)9-15-12(4)13-8-7-11(3)17-13/h7-8,10,12,15-16H,6,9H2,1-5H3. The molecule has 0 fully saturated rings. The highest BCUT2D eigenvalue weighted by Gasteiger charge is 2.27. The molecule has 0 saturated carbocycles. The summed E-state index contributed by atoms with van der Waals surface area (Å²) in [5.41, 5.74) is -0.676. The molecule has 0 aliphatic heterocycles. The lowest BCUT2D eigenvalue weighted by atomic mass is 9.88. The molecule has 0 saturated heterocycles. The molecule has 1 heterocycles. The Morgan fingerprint density at radius 1 is 1.41 bits per heavy atom. The molecule has 0 aliphatic carbocycles. The van der Waals surface area contributed by atoms with E-state index in [2.05, 4.69) is 19.2 Å². The Hall–Kier alpha value is -0.800. The molecule has 3 atom stereocenters. The number of aryl methyl sites for hydroxylation is 1. The molecule has 1 aromatic rings. The first-order valence-electron chi connectivity index (χ1n) is 6.39. The molecule has 0 bridgehead atoms. The van der Waals surface area contributed by atoms with Gasteiger partial charge < -0.3 is 14.8 Å². The van der Waals surface area contributed by atoms with Gasteiger partial charge in [-0.25, -0.2) is 0 Å². The van der Waals surface area contributed by atoms with E-state index in [1.54, 1.807) is 0 Å². The summed E-state index contributed by atoms with van der Waals surface area (Å²) in [6.45, 7) is 10.6. The zero-order chi connectivity index (χ0) is 13.1. The van der Waals surface area contributed by atoms with E-state index in [0.717, 1.165) is 17.9 Å². The van der Waals surface area contributed by atoms with Crippen LogP contribution >= 0.6 is 0 Å². The van der Waals surface area contributed by atoms with E-state index in [-0.39, 0.29) is 12.0 Å². The van der Waals surface area contributed by atoms with Gasteiger partial charge >= 0.3 is 0 Å². The summed E-state index contributed by atoms with van der Waals surface area (Å²) in [6.07, 6.45) is 0.975. The Morgan fingerprint density at radius 3 is 2.53 bits per heavy atom. The Labute approximate surface area is 104 Å². The second-order valence-corrected chi connectivity index (χ2v) is 5.22. The number of rotatable bonds is 6. The van der Waals surface area contributed by atoms with E-state index in [1.165, 1.54) is 0 Å². The summed E-state index contributed by atoms with van der Waals surface area (Å²) in [6, 6.07) is 4.06. The van der Waals surface area contributed by atoms with Crippen molar-refractivity contribution in [2.75, 3.05) is 6.54 Å². The zero-order valence-electron chi connectivity index (χ0n) is 11.6. The van der Waals surface area contributed by atoms with Crippen molar-refractivity contribution in [3.05, 3.63) is 23.7 Å². The van der Waals surface area contributed by atoms with Crippen molar-refractivity contribution in [3.63, 3.8) is 0 Å². The van der Waals surface area contributed by atoms with Gasteiger partial charge in [-0.1, -0.05) is 20.3 Å². The van der Waals surface area contributed by atoms with Crippen molar-refractivity contribution in [3.8, 4) is 0 Å². The van der Waals surface area contributed by atoms with Crippen LogP contribution in [0.15, 0.2) is 16.5 Å². The Morgan fingerprint density at radius 2 is 2.06 bits per heavy atom. The minimum absolute atomic E-state index is 0.124. The van der Waals surface area contributed by atoms with Gasteiger partial charge in [0.1, 0.15) is 11.5 Å². The molecular formula is C14H25NO2. The molecule has 17 heavy (non-hydrogen) atoms. The third-order valence-corrected chi connectivity index (χ3v) is 3.63. The monoisotopic (exact) mass is 239 g/mol. The topological polar surface area (TPSA) is 45.4 Å². The minimum atomic E-state index is -0.676. The fraction of sp³-hybridized carbons (Fsp3) is 0.714. The number of hydrogen-bond acceptors (Lipinski definition) is 3. The molecule has 3 unspecified atom stereocenters. The second kappa shape index (κ2) is 5.69. The molecule has 2 N–H and O–H groups in total. The van der Waals surface area contributed by atoms with E-state index in [0.29, 0.717) is 6.54 Å². The van der Waals surface area contributed by atoms with Gasteiger partial charge in [0.05, 0.1) is 11.6 Å². The first kappa shape index (κ1) is 14.3. The molecule has 0 radical (unpaired) electrons. The SMILES string of the molecule is CCC(C)C(C)(O)CNC(C)c1ccc(C)o1. The van der Waals surface area contributed by atoms with Gasteiger partial charge in [0, 0.05) is 6.54 Å². The van der Waals surface area contributed by atoms with Crippen LogP contribution in [0.5, 0.6) is 0 Å². The maximum atomic E-state index is 10.3. The van der Waals surface area contributed by atoms with Gasteiger partial charge in [-0.15, -0.1) is 0 Å². The van der Waals surface area contributed by atoms with E-state index in [1.807, 2.05) is 32.9 Å². The zero-order valence-corrected chi connectivity index (χ0v) is 11.6. The fourth-order valence-electron chi connectivity index (χ4n) is 1.76. The third kappa shape index (κ3) is 3.86. The van der Waals surface area contributed by atoms with Crippen molar-refractivity contribution in [2.45, 2.75) is 52.7 Å². The van der Waals surface area contributed by atoms with Crippen LogP contribution in [-0.4, -0.2) is 17.3 Å². The highest BCUT2D eigenvalue weighted by atomic mass is 16.3. The van der Waals surface area contributed by atoms with Crippen LogP contribution in [0.25, 0.3) is 0 Å². The summed E-state index contributed by atoms with van der Waals surface area (Å²) in [7, 11) is 0. The first-order valence-corrected chi connectivity index (χ1v) is 6.39. The molecule has 98 valence electrons. The highest BCUT2D eigenvalue weighted by molar-refractivity contribution is 5.09. The molecular weight excluding hydrogens is 214 g/mol. The highest BCUT2D eigenvalue weighted by Crippen LogP contribution is 2.21. The third-order valence-electron chi connectivity index (χ3n) is 3.63. The van der Waals surface area contributed by atoms with Crippen LogP contribution in [0.2, 0.25) is 0 Å². The predicted molar refractivity (Wildman–Crippen MR) is 69.9 cm³/mol. The molecule has 0 spiro atoms. The summed E-state index contributed by atoms with van der Waals surface area (Å²) < 4.78 is 5.55. The Balaban J connectivity index is 2.50. The van der Waals surface area contributed by atoms with Crippen molar-refractivity contribution >= 4 is 0 Å². The first-order chi connectivity index (χ1) is 7.86. The van der Waals surface area contributed by atoms with Crippen molar-refractivity contribution in [2.24, 2.45) is 5.92 Å².